The van der Waals surface area contributed by atoms with Crippen molar-refractivity contribution in [1.82, 2.24) is 19.9 Å². The van der Waals surface area contributed by atoms with Crippen LogP contribution in [0, 0.1) is 5.41 Å². The third-order valence-electron chi connectivity index (χ3n) is 3.82. The molecule has 1 aliphatic rings. The van der Waals surface area contributed by atoms with Crippen molar-refractivity contribution in [1.29, 1.82) is 0 Å². The molecule has 19 heavy (non-hydrogen) atoms. The largest absolute Gasteiger partial charge is 0.476 e. The number of rotatable bonds is 4. The lowest BCUT2D eigenvalue weighted by Crippen LogP contribution is -2.33. The maximum atomic E-state index is 12.1. The molecular weight excluding hydrogens is 248 g/mol. The van der Waals surface area contributed by atoms with Crippen LogP contribution < -0.4 is 0 Å². The number of carboxylic acids is 1. The van der Waals surface area contributed by atoms with E-state index >= 15 is 0 Å². The Morgan fingerprint density at radius 1 is 1.53 bits per heavy atom. The lowest BCUT2D eigenvalue weighted by molar-refractivity contribution is -0.131. The van der Waals surface area contributed by atoms with Crippen LogP contribution in [0.15, 0.2) is 6.20 Å². The first-order chi connectivity index (χ1) is 8.93. The molecule has 1 atom stereocenters. The number of hydrogen-bond acceptors (Lipinski definition) is 4. The van der Waals surface area contributed by atoms with E-state index in [1.807, 2.05) is 4.90 Å². The van der Waals surface area contributed by atoms with E-state index in [0.717, 1.165) is 25.9 Å². The fraction of sp³-hybridized carbons (Fsp3) is 0.667. The van der Waals surface area contributed by atoms with Gasteiger partial charge in [-0.15, -0.1) is 5.10 Å². The van der Waals surface area contributed by atoms with Gasteiger partial charge in [-0.25, -0.2) is 9.48 Å². The van der Waals surface area contributed by atoms with Crippen LogP contribution in [0.1, 0.15) is 37.2 Å². The normalized spacial score (nSPS) is 22.7. The van der Waals surface area contributed by atoms with E-state index < -0.39 is 5.97 Å². The van der Waals surface area contributed by atoms with Crippen molar-refractivity contribution in [2.45, 2.75) is 33.2 Å². The van der Waals surface area contributed by atoms with Gasteiger partial charge in [0.15, 0.2) is 5.69 Å². The summed E-state index contributed by atoms with van der Waals surface area (Å²) in [5.74, 6) is -1.18. The van der Waals surface area contributed by atoms with E-state index in [2.05, 4.69) is 24.2 Å². The summed E-state index contributed by atoms with van der Waals surface area (Å²) in [6.07, 6.45) is 3.32. The van der Waals surface area contributed by atoms with Crippen LogP contribution in [0.3, 0.4) is 0 Å². The molecule has 0 bridgehead atoms. The number of aromatic nitrogens is 3. The molecule has 0 saturated carbocycles. The molecule has 1 amide bonds. The molecule has 1 aromatic rings. The van der Waals surface area contributed by atoms with E-state index in [9.17, 15) is 9.59 Å². The Balaban J connectivity index is 1.96. The molecule has 2 heterocycles. The number of aromatic carboxylic acids is 1. The van der Waals surface area contributed by atoms with Gasteiger partial charge in [-0.3, -0.25) is 4.79 Å². The van der Waals surface area contributed by atoms with E-state index in [1.165, 1.54) is 10.9 Å². The van der Waals surface area contributed by atoms with Crippen molar-refractivity contribution in [3.63, 3.8) is 0 Å². The molecule has 104 valence electrons. The van der Waals surface area contributed by atoms with Gasteiger partial charge in [0.05, 0.1) is 6.20 Å². The molecule has 7 nitrogen and oxygen atoms in total. The number of likely N-dealkylation sites (tertiary alicyclic amines) is 1. The third kappa shape index (κ3) is 2.91. The number of amides is 1. The molecule has 1 N–H and O–H groups in total. The summed E-state index contributed by atoms with van der Waals surface area (Å²) in [6, 6.07) is 0. The second kappa shape index (κ2) is 4.99. The van der Waals surface area contributed by atoms with Crippen LogP contribution in [0.25, 0.3) is 0 Å². The molecule has 1 fully saturated rings. The molecule has 7 heteroatoms. The number of carbonyl (C=O) groups is 2. The molecule has 2 rings (SSSR count). The average Bonchev–Trinajstić information content (AvgIpc) is 2.97. The Morgan fingerprint density at radius 3 is 2.79 bits per heavy atom. The lowest BCUT2D eigenvalue weighted by atomic mass is 9.87. The molecule has 1 unspecified atom stereocenters. The molecule has 1 saturated heterocycles. The van der Waals surface area contributed by atoms with Crippen molar-refractivity contribution in [3.05, 3.63) is 11.9 Å². The van der Waals surface area contributed by atoms with Crippen LogP contribution >= 0.6 is 0 Å². The zero-order valence-electron chi connectivity index (χ0n) is 11.2. The Kier molecular flexibility index (Phi) is 3.55. The lowest BCUT2D eigenvalue weighted by Gasteiger charge is -2.22. The van der Waals surface area contributed by atoms with Gasteiger partial charge in [0.25, 0.3) is 0 Å². The highest BCUT2D eigenvalue weighted by Gasteiger charge is 2.34. The summed E-state index contributed by atoms with van der Waals surface area (Å²) < 4.78 is 1.27. The van der Waals surface area contributed by atoms with Gasteiger partial charge in [-0.05, 0) is 18.3 Å². The van der Waals surface area contributed by atoms with Crippen LogP contribution in [-0.2, 0) is 11.3 Å². The molecule has 0 aliphatic carbocycles. The highest BCUT2D eigenvalue weighted by atomic mass is 16.4. The van der Waals surface area contributed by atoms with Crippen LogP contribution in [0.4, 0.5) is 0 Å². The van der Waals surface area contributed by atoms with Gasteiger partial charge in [0.2, 0.25) is 5.91 Å². The van der Waals surface area contributed by atoms with Crippen LogP contribution in [-0.4, -0.2) is 50.0 Å². The zero-order chi connectivity index (χ0) is 14.0. The standard InChI is InChI=1S/C12H18N4O3/c1-3-12(2)4-5-15(8-12)10(17)7-16-6-9(11(18)19)13-14-16/h6H,3-5,7-8H2,1-2H3,(H,18,19). The summed E-state index contributed by atoms with van der Waals surface area (Å²) >= 11 is 0. The van der Waals surface area contributed by atoms with Crippen LogP contribution in [0.5, 0.6) is 0 Å². The SMILES string of the molecule is CCC1(C)CCN(C(=O)Cn2cc(C(=O)O)nn2)C1. The van der Waals surface area contributed by atoms with Crippen molar-refractivity contribution in [3.8, 4) is 0 Å². The highest BCUT2D eigenvalue weighted by Crippen LogP contribution is 2.32. The van der Waals surface area contributed by atoms with Gasteiger partial charge in [-0.1, -0.05) is 19.1 Å². The van der Waals surface area contributed by atoms with E-state index in [0.29, 0.717) is 0 Å². The van der Waals surface area contributed by atoms with Gasteiger partial charge < -0.3 is 10.0 Å². The molecule has 0 aromatic carbocycles. The van der Waals surface area contributed by atoms with E-state index in [-0.39, 0.29) is 23.6 Å². The monoisotopic (exact) mass is 266 g/mol. The third-order valence-corrected chi connectivity index (χ3v) is 3.82. The smallest absolute Gasteiger partial charge is 0.358 e. The van der Waals surface area contributed by atoms with Gasteiger partial charge in [-0.2, -0.15) is 0 Å². The van der Waals surface area contributed by atoms with Crippen LogP contribution in [0.2, 0.25) is 0 Å². The summed E-state index contributed by atoms with van der Waals surface area (Å²) in [6.45, 7) is 5.86. The van der Waals surface area contributed by atoms with Crippen molar-refractivity contribution >= 4 is 11.9 Å². The first-order valence-electron chi connectivity index (χ1n) is 6.35. The summed E-state index contributed by atoms with van der Waals surface area (Å²) in [4.78, 5) is 24.6. The van der Waals surface area contributed by atoms with E-state index in [1.54, 1.807) is 0 Å². The fourth-order valence-corrected chi connectivity index (χ4v) is 2.24. The predicted molar refractivity (Wildman–Crippen MR) is 66.6 cm³/mol. The van der Waals surface area contributed by atoms with Gasteiger partial charge in [0, 0.05) is 13.1 Å². The summed E-state index contributed by atoms with van der Waals surface area (Å²) in [5.41, 5.74) is 0.0529. The van der Waals surface area contributed by atoms with Crippen molar-refractivity contribution in [2.75, 3.05) is 13.1 Å². The Morgan fingerprint density at radius 2 is 2.26 bits per heavy atom. The minimum absolute atomic E-state index is 0.0417. The fourth-order valence-electron chi connectivity index (χ4n) is 2.24. The van der Waals surface area contributed by atoms with Crippen molar-refractivity contribution < 1.29 is 14.7 Å². The Labute approximate surface area is 111 Å². The topological polar surface area (TPSA) is 88.3 Å². The molecule has 1 aliphatic heterocycles. The molecule has 0 radical (unpaired) electrons. The molecule has 0 spiro atoms. The second-order valence-corrected chi connectivity index (χ2v) is 5.34. The predicted octanol–water partition coefficient (Wildman–Crippen LogP) is 0.625. The first-order valence-corrected chi connectivity index (χ1v) is 6.35. The Bertz CT molecular complexity index is 499. The Hall–Kier alpha value is -1.92. The molecule has 1 aromatic heterocycles. The van der Waals surface area contributed by atoms with E-state index in [4.69, 9.17) is 5.11 Å². The zero-order valence-corrected chi connectivity index (χ0v) is 11.2. The van der Waals surface area contributed by atoms with Gasteiger partial charge >= 0.3 is 5.97 Å². The number of carboxylic acid groups (broad SMARTS) is 1. The number of hydrogen-bond donors (Lipinski definition) is 1. The molecular formula is C12H18N4O3. The maximum Gasteiger partial charge on any atom is 0.358 e. The summed E-state index contributed by atoms with van der Waals surface area (Å²) in [7, 11) is 0. The van der Waals surface area contributed by atoms with Crippen molar-refractivity contribution in [2.24, 2.45) is 5.41 Å². The quantitative estimate of drug-likeness (QED) is 0.863. The first kappa shape index (κ1) is 13.5. The average molecular weight is 266 g/mol. The minimum atomic E-state index is -1.14. The van der Waals surface area contributed by atoms with Gasteiger partial charge in [0.1, 0.15) is 6.54 Å². The summed E-state index contributed by atoms with van der Waals surface area (Å²) in [5, 5.41) is 15.9. The number of carbonyl (C=O) groups excluding carboxylic acids is 1. The minimum Gasteiger partial charge on any atom is -0.476 e. The highest BCUT2D eigenvalue weighted by molar-refractivity contribution is 5.84. The number of nitrogens with zero attached hydrogens (tertiary/aromatic N) is 4. The second-order valence-electron chi connectivity index (χ2n) is 5.34. The maximum absolute atomic E-state index is 12.1.